The Labute approximate surface area is 306 Å². The van der Waals surface area contributed by atoms with Crippen LogP contribution in [0.2, 0.25) is 0 Å². The summed E-state index contributed by atoms with van der Waals surface area (Å²) in [7, 11) is 1.26. The van der Waals surface area contributed by atoms with E-state index in [-0.39, 0.29) is 44.4 Å². The van der Waals surface area contributed by atoms with Crippen LogP contribution in [0.25, 0.3) is 0 Å². The number of unbranched alkanes of at least 4 members (excludes halogenated alkanes) is 2. The maximum atomic E-state index is 17.0. The standard InChI is InChI=1S/C39H57FN6O6/c1-4-6-20-31(43-34(47)30(41)23-29-19-14-22-42-26-29)35(48)44-32(24-27-15-10-8-11-16-27)36(49)45-39(40,21-7-5-2)38(52)46(3)33(37(50)51)25-28-17-12-9-13-18-28/h8,10-11,14-16,19,22,26,28,30-33H,4-7,9,12-13,17-18,20-21,23-25,41H2,1-3H3,(H,43,47)(H,44,48)(H,45,49)(H,50,51)/t30-,31-,32-,33-,39-/m0/s1. The molecule has 0 bridgehead atoms. The van der Waals surface area contributed by atoms with Crippen molar-refractivity contribution in [3.8, 4) is 0 Å². The molecule has 1 aromatic heterocycles. The molecule has 52 heavy (non-hydrogen) atoms. The lowest BCUT2D eigenvalue weighted by atomic mass is 9.84. The lowest BCUT2D eigenvalue weighted by Gasteiger charge is -2.35. The van der Waals surface area contributed by atoms with Gasteiger partial charge >= 0.3 is 5.97 Å². The fourth-order valence-corrected chi connectivity index (χ4v) is 6.66. The predicted octanol–water partition coefficient (Wildman–Crippen LogP) is 4.21. The second-order valence-corrected chi connectivity index (χ2v) is 14.0. The van der Waals surface area contributed by atoms with Gasteiger partial charge in [0.05, 0.1) is 6.04 Å². The highest BCUT2D eigenvalue weighted by atomic mass is 19.1. The van der Waals surface area contributed by atoms with E-state index in [0.29, 0.717) is 18.4 Å². The summed E-state index contributed by atoms with van der Waals surface area (Å²) in [5, 5.41) is 17.8. The molecule has 3 rings (SSSR count). The number of likely N-dealkylation sites (N-methyl/N-ethyl adjacent to an activating group) is 1. The van der Waals surface area contributed by atoms with Gasteiger partial charge in [-0.05, 0) is 48.8 Å². The smallest absolute Gasteiger partial charge is 0.326 e. The number of nitrogens with zero attached hydrogens (tertiary/aromatic N) is 2. The summed E-state index contributed by atoms with van der Waals surface area (Å²) >= 11 is 0. The van der Waals surface area contributed by atoms with Crippen molar-refractivity contribution < 1.29 is 33.5 Å². The van der Waals surface area contributed by atoms with Crippen LogP contribution in [0.4, 0.5) is 4.39 Å². The van der Waals surface area contributed by atoms with E-state index in [4.69, 9.17) is 5.73 Å². The van der Waals surface area contributed by atoms with Crippen LogP contribution in [0.5, 0.6) is 0 Å². The van der Waals surface area contributed by atoms with Gasteiger partial charge in [0, 0.05) is 32.3 Å². The number of rotatable bonds is 21. The molecule has 1 aliphatic carbocycles. The van der Waals surface area contributed by atoms with Crippen molar-refractivity contribution in [1.29, 1.82) is 0 Å². The largest absolute Gasteiger partial charge is 0.480 e. The molecule has 4 amide bonds. The number of nitrogens with two attached hydrogens (primary N) is 1. The molecule has 13 heteroatoms. The number of hydrogen-bond acceptors (Lipinski definition) is 7. The number of halogens is 1. The van der Waals surface area contributed by atoms with E-state index in [2.05, 4.69) is 20.9 Å². The molecule has 0 spiro atoms. The monoisotopic (exact) mass is 724 g/mol. The van der Waals surface area contributed by atoms with E-state index in [1.54, 1.807) is 54.9 Å². The molecular formula is C39H57FN6O6. The summed E-state index contributed by atoms with van der Waals surface area (Å²) in [6, 6.07) is 7.73. The molecule has 2 aromatic rings. The fourth-order valence-electron chi connectivity index (χ4n) is 6.66. The van der Waals surface area contributed by atoms with Gasteiger partial charge < -0.3 is 31.7 Å². The van der Waals surface area contributed by atoms with Crippen molar-refractivity contribution in [1.82, 2.24) is 25.8 Å². The van der Waals surface area contributed by atoms with E-state index in [1.165, 1.54) is 7.05 Å². The van der Waals surface area contributed by atoms with Gasteiger partial charge in [0.2, 0.25) is 17.7 Å². The molecule has 1 aromatic carbocycles. The van der Waals surface area contributed by atoms with Gasteiger partial charge in [-0.15, -0.1) is 0 Å². The van der Waals surface area contributed by atoms with Gasteiger partial charge in [0.1, 0.15) is 18.1 Å². The van der Waals surface area contributed by atoms with Gasteiger partial charge in [0.25, 0.3) is 11.7 Å². The summed E-state index contributed by atoms with van der Waals surface area (Å²) < 4.78 is 17.0. The van der Waals surface area contributed by atoms with E-state index >= 15 is 4.39 Å². The first-order chi connectivity index (χ1) is 24.9. The van der Waals surface area contributed by atoms with Crippen LogP contribution in [0.1, 0.15) is 102 Å². The number of pyridine rings is 1. The maximum Gasteiger partial charge on any atom is 0.326 e. The highest BCUT2D eigenvalue weighted by Gasteiger charge is 2.46. The molecule has 1 fully saturated rings. The van der Waals surface area contributed by atoms with Crippen LogP contribution in [-0.4, -0.2) is 81.6 Å². The Morgan fingerprint density at radius 3 is 2.17 bits per heavy atom. The van der Waals surface area contributed by atoms with Crippen LogP contribution < -0.4 is 21.7 Å². The van der Waals surface area contributed by atoms with Crippen molar-refractivity contribution in [3.63, 3.8) is 0 Å². The Hall–Kier alpha value is -4.39. The molecule has 0 unspecified atom stereocenters. The molecule has 1 saturated carbocycles. The number of hydrogen-bond donors (Lipinski definition) is 5. The minimum Gasteiger partial charge on any atom is -0.480 e. The summed E-state index contributed by atoms with van der Waals surface area (Å²) in [5.41, 5.74) is 7.60. The number of carboxylic acid groups (broad SMARTS) is 1. The molecular weight excluding hydrogens is 667 g/mol. The summed E-state index contributed by atoms with van der Waals surface area (Å²) in [5.74, 6) is -7.39. The van der Waals surface area contributed by atoms with Crippen LogP contribution in [0.3, 0.4) is 0 Å². The van der Waals surface area contributed by atoms with E-state index < -0.39 is 59.6 Å². The number of carbonyl (C=O) groups is 5. The number of aliphatic carboxylic acids is 1. The number of amides is 4. The SMILES string of the molecule is CCCC[C@H](NC(=O)[C@@H](N)Cc1cccnc1)C(=O)N[C@@H](Cc1ccccc1)C(=O)N[C@@](F)(CCCC)C(=O)N(C)[C@@H](CC1CCCCC1)C(=O)O. The van der Waals surface area contributed by atoms with Gasteiger partial charge in [-0.2, -0.15) is 0 Å². The minimum atomic E-state index is -2.93. The molecule has 0 aliphatic heterocycles. The first-order valence-electron chi connectivity index (χ1n) is 18.7. The summed E-state index contributed by atoms with van der Waals surface area (Å²) in [6.45, 7) is 3.75. The normalized spacial score (nSPS) is 16.7. The predicted molar refractivity (Wildman–Crippen MR) is 196 cm³/mol. The van der Waals surface area contributed by atoms with Gasteiger partial charge in [-0.25, -0.2) is 9.18 Å². The average Bonchev–Trinajstić information content (AvgIpc) is 3.14. The average molecular weight is 725 g/mol. The highest BCUT2D eigenvalue weighted by molar-refractivity contribution is 5.96. The van der Waals surface area contributed by atoms with Gasteiger partial charge in [-0.3, -0.25) is 24.2 Å². The molecule has 12 nitrogen and oxygen atoms in total. The third kappa shape index (κ3) is 13.0. The number of carboxylic acids is 1. The van der Waals surface area contributed by atoms with Crippen LogP contribution in [0.15, 0.2) is 54.9 Å². The molecule has 1 heterocycles. The molecule has 286 valence electrons. The van der Waals surface area contributed by atoms with Gasteiger partial charge in [-0.1, -0.05) is 102 Å². The quantitative estimate of drug-likeness (QED) is 0.119. The zero-order valence-electron chi connectivity index (χ0n) is 30.8. The van der Waals surface area contributed by atoms with E-state index in [1.807, 2.05) is 13.8 Å². The Bertz CT molecular complexity index is 1440. The topological polar surface area (TPSA) is 184 Å². The molecule has 0 radical (unpaired) electrons. The number of benzene rings is 1. The first-order valence-corrected chi connectivity index (χ1v) is 18.7. The summed E-state index contributed by atoms with van der Waals surface area (Å²) in [6.07, 6.45) is 10.2. The Balaban J connectivity index is 1.84. The third-order valence-corrected chi connectivity index (χ3v) is 9.80. The van der Waals surface area contributed by atoms with Gasteiger partial charge in [0.15, 0.2) is 0 Å². The molecule has 6 N–H and O–H groups in total. The Kier molecular flexibility index (Phi) is 17.1. The Morgan fingerprint density at radius 2 is 1.56 bits per heavy atom. The van der Waals surface area contributed by atoms with Crippen LogP contribution in [0, 0.1) is 5.92 Å². The second kappa shape index (κ2) is 21.2. The van der Waals surface area contributed by atoms with E-state index in [9.17, 15) is 29.1 Å². The lowest BCUT2D eigenvalue weighted by Crippen LogP contribution is -2.63. The van der Waals surface area contributed by atoms with Crippen molar-refractivity contribution in [2.45, 2.75) is 134 Å². The first kappa shape index (κ1) is 42.0. The number of nitrogens with one attached hydrogen (secondary N) is 3. The summed E-state index contributed by atoms with van der Waals surface area (Å²) in [4.78, 5) is 72.2. The van der Waals surface area contributed by atoms with Crippen molar-refractivity contribution in [2.75, 3.05) is 7.05 Å². The molecule has 0 saturated heterocycles. The number of alkyl halides is 1. The van der Waals surface area contributed by atoms with E-state index in [0.717, 1.165) is 49.0 Å². The van der Waals surface area contributed by atoms with Crippen LogP contribution >= 0.6 is 0 Å². The lowest BCUT2D eigenvalue weighted by molar-refractivity contribution is -0.159. The van der Waals surface area contributed by atoms with Crippen molar-refractivity contribution in [2.24, 2.45) is 11.7 Å². The number of carbonyl (C=O) groups excluding carboxylic acids is 4. The zero-order valence-corrected chi connectivity index (χ0v) is 30.8. The van der Waals surface area contributed by atoms with Crippen molar-refractivity contribution >= 4 is 29.6 Å². The molecule has 5 atom stereocenters. The fraction of sp³-hybridized carbons (Fsp3) is 0.590. The zero-order chi connectivity index (χ0) is 38.1. The second-order valence-electron chi connectivity index (χ2n) is 14.0. The molecule has 1 aliphatic rings. The Morgan fingerprint density at radius 1 is 0.904 bits per heavy atom. The van der Waals surface area contributed by atoms with Crippen LogP contribution in [-0.2, 0) is 36.8 Å². The maximum absolute atomic E-state index is 17.0. The van der Waals surface area contributed by atoms with Crippen molar-refractivity contribution in [3.05, 3.63) is 66.0 Å². The highest BCUT2D eigenvalue weighted by Crippen LogP contribution is 2.30. The minimum absolute atomic E-state index is 0.0410. The third-order valence-electron chi connectivity index (χ3n) is 9.80. The number of aromatic nitrogens is 1.